The van der Waals surface area contributed by atoms with Crippen molar-refractivity contribution in [2.45, 2.75) is 24.2 Å². The van der Waals surface area contributed by atoms with E-state index in [1.165, 1.54) is 34.5 Å². The lowest BCUT2D eigenvalue weighted by Crippen LogP contribution is -2.36. The summed E-state index contributed by atoms with van der Waals surface area (Å²) in [5.41, 5.74) is 0.217. The summed E-state index contributed by atoms with van der Waals surface area (Å²) in [5.74, 6) is 0.0167. The second kappa shape index (κ2) is 9.00. The number of ether oxygens (including phenoxy) is 1. The van der Waals surface area contributed by atoms with Crippen LogP contribution in [-0.2, 0) is 10.0 Å². The Labute approximate surface area is 155 Å². The van der Waals surface area contributed by atoms with Gasteiger partial charge in [0.1, 0.15) is 5.75 Å². The van der Waals surface area contributed by atoms with Gasteiger partial charge < -0.3 is 9.64 Å². The lowest BCUT2D eigenvalue weighted by Gasteiger charge is -2.26. The van der Waals surface area contributed by atoms with Gasteiger partial charge in [-0.3, -0.25) is 4.79 Å². The van der Waals surface area contributed by atoms with Crippen molar-refractivity contribution >= 4 is 15.9 Å². The number of rotatable bonds is 8. The van der Waals surface area contributed by atoms with Crippen molar-refractivity contribution in [1.82, 2.24) is 9.21 Å². The number of carbonyl (C=O) groups excluding carboxylic acids is 1. The maximum Gasteiger partial charge on any atom is 0.258 e. The molecular weight excluding hydrogens is 352 g/mol. The molecule has 1 amide bonds. The van der Waals surface area contributed by atoms with E-state index in [1.54, 1.807) is 12.2 Å². The first-order valence-corrected chi connectivity index (χ1v) is 10.1. The number of nitrogens with zero attached hydrogens (tertiary/aromatic N) is 2. The van der Waals surface area contributed by atoms with Gasteiger partial charge in [-0.05, 0) is 31.0 Å². The molecule has 1 aromatic carbocycles. The average molecular weight is 378 g/mol. The molecule has 0 saturated carbocycles. The average Bonchev–Trinajstić information content (AvgIpc) is 2.67. The zero-order chi connectivity index (χ0) is 19.2. The summed E-state index contributed by atoms with van der Waals surface area (Å²) in [6.45, 7) is 9.00. The maximum atomic E-state index is 12.9. The fraction of sp³-hybridized carbons (Fsp3) is 0.421. The van der Waals surface area contributed by atoms with Crippen LogP contribution in [0.2, 0.25) is 0 Å². The zero-order valence-corrected chi connectivity index (χ0v) is 16.0. The van der Waals surface area contributed by atoms with Gasteiger partial charge in [-0.15, -0.1) is 13.2 Å². The minimum atomic E-state index is -3.63. The second-order valence-corrected chi connectivity index (χ2v) is 8.05. The summed E-state index contributed by atoms with van der Waals surface area (Å²) in [7, 11) is -2.17. The van der Waals surface area contributed by atoms with Crippen LogP contribution in [0.4, 0.5) is 0 Å². The van der Waals surface area contributed by atoms with Gasteiger partial charge in [-0.1, -0.05) is 18.6 Å². The number of carbonyl (C=O) groups is 1. The lowest BCUT2D eigenvalue weighted by molar-refractivity contribution is 0.0787. The molecule has 0 atom stereocenters. The van der Waals surface area contributed by atoms with Crippen LogP contribution < -0.4 is 4.74 Å². The summed E-state index contributed by atoms with van der Waals surface area (Å²) < 4.78 is 32.6. The third kappa shape index (κ3) is 4.34. The van der Waals surface area contributed by atoms with Gasteiger partial charge in [0.15, 0.2) is 0 Å². The Morgan fingerprint density at radius 3 is 2.35 bits per heavy atom. The minimum absolute atomic E-state index is 0.112. The Bertz CT molecular complexity index is 758. The first-order chi connectivity index (χ1) is 12.5. The second-order valence-electron chi connectivity index (χ2n) is 6.11. The van der Waals surface area contributed by atoms with Crippen molar-refractivity contribution in [3.8, 4) is 5.75 Å². The molecule has 142 valence electrons. The number of piperidine rings is 1. The van der Waals surface area contributed by atoms with Crippen LogP contribution >= 0.6 is 0 Å². The van der Waals surface area contributed by atoms with Crippen LogP contribution in [0.1, 0.15) is 29.6 Å². The zero-order valence-electron chi connectivity index (χ0n) is 15.2. The van der Waals surface area contributed by atoms with Crippen LogP contribution in [0.25, 0.3) is 0 Å². The molecular formula is C19H26N2O4S. The van der Waals surface area contributed by atoms with E-state index in [4.69, 9.17) is 4.74 Å². The molecule has 1 aliphatic heterocycles. The Kier molecular flexibility index (Phi) is 6.99. The van der Waals surface area contributed by atoms with Gasteiger partial charge in [0.25, 0.3) is 5.91 Å². The molecule has 1 aliphatic rings. The van der Waals surface area contributed by atoms with Crippen molar-refractivity contribution in [3.05, 3.63) is 49.1 Å². The third-order valence-electron chi connectivity index (χ3n) is 4.34. The standard InChI is InChI=1S/C19H26N2O4S/c1-4-11-20(12-5-2)19(22)17-15-16(9-10-18(17)25-3)26(23,24)21-13-7-6-8-14-21/h4-5,9-10,15H,1-2,6-8,11-14H2,3H3. The summed E-state index contributed by atoms with van der Waals surface area (Å²) in [6.07, 6.45) is 5.97. The van der Waals surface area contributed by atoms with Crippen molar-refractivity contribution in [2.75, 3.05) is 33.3 Å². The molecule has 7 heteroatoms. The van der Waals surface area contributed by atoms with E-state index in [9.17, 15) is 13.2 Å². The summed E-state index contributed by atoms with van der Waals surface area (Å²) in [5, 5.41) is 0. The van der Waals surface area contributed by atoms with Crippen LogP contribution in [0.3, 0.4) is 0 Å². The van der Waals surface area contributed by atoms with Crippen molar-refractivity contribution < 1.29 is 17.9 Å². The number of methoxy groups -OCH3 is 1. The van der Waals surface area contributed by atoms with Crippen molar-refractivity contribution in [1.29, 1.82) is 0 Å². The highest BCUT2D eigenvalue weighted by molar-refractivity contribution is 7.89. The molecule has 0 bridgehead atoms. The highest BCUT2D eigenvalue weighted by Crippen LogP contribution is 2.27. The van der Waals surface area contributed by atoms with E-state index in [0.717, 1.165) is 19.3 Å². The van der Waals surface area contributed by atoms with Crippen LogP contribution in [0, 0.1) is 0 Å². The minimum Gasteiger partial charge on any atom is -0.496 e. The number of benzene rings is 1. The summed E-state index contributed by atoms with van der Waals surface area (Å²) in [6, 6.07) is 4.43. The van der Waals surface area contributed by atoms with E-state index in [0.29, 0.717) is 31.9 Å². The normalized spacial score (nSPS) is 15.3. The summed E-state index contributed by atoms with van der Waals surface area (Å²) in [4.78, 5) is 14.5. The number of hydrogen-bond acceptors (Lipinski definition) is 4. The van der Waals surface area contributed by atoms with Gasteiger partial charge in [-0.25, -0.2) is 8.42 Å². The van der Waals surface area contributed by atoms with Crippen LogP contribution in [0.5, 0.6) is 5.75 Å². The fourth-order valence-corrected chi connectivity index (χ4v) is 4.54. The first-order valence-electron chi connectivity index (χ1n) is 8.65. The van der Waals surface area contributed by atoms with Crippen molar-refractivity contribution in [3.63, 3.8) is 0 Å². The molecule has 1 heterocycles. The smallest absolute Gasteiger partial charge is 0.258 e. The van der Waals surface area contributed by atoms with E-state index in [2.05, 4.69) is 13.2 Å². The Balaban J connectivity index is 2.42. The quantitative estimate of drug-likeness (QED) is 0.652. The first kappa shape index (κ1) is 20.2. The van der Waals surface area contributed by atoms with E-state index < -0.39 is 10.0 Å². The topological polar surface area (TPSA) is 66.9 Å². The predicted molar refractivity (Wildman–Crippen MR) is 102 cm³/mol. The highest BCUT2D eigenvalue weighted by atomic mass is 32.2. The largest absolute Gasteiger partial charge is 0.496 e. The number of hydrogen-bond donors (Lipinski definition) is 0. The van der Waals surface area contributed by atoms with E-state index in [-0.39, 0.29) is 16.4 Å². The van der Waals surface area contributed by atoms with Gasteiger partial charge in [0.05, 0.1) is 17.6 Å². The Morgan fingerprint density at radius 2 is 1.81 bits per heavy atom. The Hall–Kier alpha value is -2.12. The lowest BCUT2D eigenvalue weighted by atomic mass is 10.1. The highest BCUT2D eigenvalue weighted by Gasteiger charge is 2.28. The van der Waals surface area contributed by atoms with Gasteiger partial charge in [0, 0.05) is 26.2 Å². The molecule has 1 saturated heterocycles. The van der Waals surface area contributed by atoms with Gasteiger partial charge >= 0.3 is 0 Å². The third-order valence-corrected chi connectivity index (χ3v) is 6.23. The fourth-order valence-electron chi connectivity index (χ4n) is 2.99. The molecule has 1 aromatic rings. The molecule has 6 nitrogen and oxygen atoms in total. The van der Waals surface area contributed by atoms with Crippen LogP contribution in [0.15, 0.2) is 48.4 Å². The molecule has 2 rings (SSSR count). The van der Waals surface area contributed by atoms with E-state index in [1.807, 2.05) is 0 Å². The van der Waals surface area contributed by atoms with Gasteiger partial charge in [0.2, 0.25) is 10.0 Å². The molecule has 0 aromatic heterocycles. The molecule has 0 spiro atoms. The molecule has 0 unspecified atom stereocenters. The predicted octanol–water partition coefficient (Wildman–Crippen LogP) is 2.68. The maximum absolute atomic E-state index is 12.9. The molecule has 26 heavy (non-hydrogen) atoms. The number of sulfonamides is 1. The molecule has 0 radical (unpaired) electrons. The molecule has 0 N–H and O–H groups in total. The molecule has 1 fully saturated rings. The van der Waals surface area contributed by atoms with Gasteiger partial charge in [-0.2, -0.15) is 4.31 Å². The Morgan fingerprint density at radius 1 is 1.19 bits per heavy atom. The van der Waals surface area contributed by atoms with E-state index >= 15 is 0 Å². The monoisotopic (exact) mass is 378 g/mol. The van der Waals surface area contributed by atoms with Crippen molar-refractivity contribution in [2.24, 2.45) is 0 Å². The SMILES string of the molecule is C=CCN(CC=C)C(=O)c1cc(S(=O)(=O)N2CCCCC2)ccc1OC. The molecule has 0 aliphatic carbocycles. The summed E-state index contributed by atoms with van der Waals surface area (Å²) >= 11 is 0. The number of amides is 1. The van der Waals surface area contributed by atoms with Crippen LogP contribution in [-0.4, -0.2) is 56.8 Å².